The Kier molecular flexibility index (Phi) is 3.79. The van der Waals surface area contributed by atoms with Crippen LogP contribution in [0.15, 0.2) is 42.5 Å². The molecule has 0 aliphatic rings. The van der Waals surface area contributed by atoms with Gasteiger partial charge in [0.05, 0.1) is 7.11 Å². The molecule has 4 N–H and O–H groups in total. The SMILES string of the molecule is COc1cccc(N(C)C(=O)c2cc(N)cc(N)c2)c1. The lowest BCUT2D eigenvalue weighted by Gasteiger charge is -2.18. The van der Waals surface area contributed by atoms with Crippen LogP contribution in [0.2, 0.25) is 0 Å². The van der Waals surface area contributed by atoms with Gasteiger partial charge in [-0.3, -0.25) is 4.79 Å². The number of rotatable bonds is 3. The predicted octanol–water partition coefficient (Wildman–Crippen LogP) is 2.14. The van der Waals surface area contributed by atoms with Crippen LogP contribution < -0.4 is 21.1 Å². The highest BCUT2D eigenvalue weighted by Gasteiger charge is 2.14. The number of hydrogen-bond acceptors (Lipinski definition) is 4. The third-order valence-electron chi connectivity index (χ3n) is 2.97. The maximum absolute atomic E-state index is 12.4. The minimum atomic E-state index is -0.183. The largest absolute Gasteiger partial charge is 0.497 e. The van der Waals surface area contributed by atoms with E-state index < -0.39 is 0 Å². The Morgan fingerprint density at radius 2 is 1.75 bits per heavy atom. The molecule has 20 heavy (non-hydrogen) atoms. The Balaban J connectivity index is 2.31. The summed E-state index contributed by atoms with van der Waals surface area (Å²) < 4.78 is 5.15. The van der Waals surface area contributed by atoms with Crippen LogP contribution in [-0.2, 0) is 0 Å². The lowest BCUT2D eigenvalue weighted by Crippen LogP contribution is -2.26. The number of hydrogen-bond donors (Lipinski definition) is 2. The highest BCUT2D eigenvalue weighted by molar-refractivity contribution is 6.06. The van der Waals surface area contributed by atoms with E-state index in [1.807, 2.05) is 18.2 Å². The number of nitrogens with two attached hydrogens (primary N) is 2. The zero-order valence-corrected chi connectivity index (χ0v) is 11.5. The van der Waals surface area contributed by atoms with Crippen molar-refractivity contribution in [2.75, 3.05) is 30.5 Å². The minimum Gasteiger partial charge on any atom is -0.497 e. The lowest BCUT2D eigenvalue weighted by atomic mass is 10.1. The molecule has 0 aliphatic carbocycles. The number of ether oxygens (including phenoxy) is 1. The van der Waals surface area contributed by atoms with Gasteiger partial charge in [0.25, 0.3) is 5.91 Å². The van der Waals surface area contributed by atoms with Crippen LogP contribution in [0.25, 0.3) is 0 Å². The normalized spacial score (nSPS) is 10.1. The van der Waals surface area contributed by atoms with E-state index in [-0.39, 0.29) is 5.91 Å². The number of nitrogens with zero attached hydrogens (tertiary/aromatic N) is 1. The van der Waals surface area contributed by atoms with Crippen LogP contribution in [-0.4, -0.2) is 20.1 Å². The van der Waals surface area contributed by atoms with Gasteiger partial charge in [-0.05, 0) is 30.3 Å². The predicted molar refractivity (Wildman–Crippen MR) is 81.0 cm³/mol. The van der Waals surface area contributed by atoms with Gasteiger partial charge in [0, 0.05) is 35.7 Å². The molecule has 5 heteroatoms. The van der Waals surface area contributed by atoms with Gasteiger partial charge in [0.15, 0.2) is 0 Å². The first-order valence-corrected chi connectivity index (χ1v) is 6.09. The maximum atomic E-state index is 12.4. The summed E-state index contributed by atoms with van der Waals surface area (Å²) in [5, 5.41) is 0. The number of anilines is 3. The first kappa shape index (κ1) is 13.7. The number of nitrogen functional groups attached to an aromatic ring is 2. The van der Waals surface area contributed by atoms with Crippen molar-refractivity contribution in [1.29, 1.82) is 0 Å². The Hall–Kier alpha value is -2.69. The molecule has 2 aromatic rings. The Morgan fingerprint density at radius 1 is 1.10 bits per heavy atom. The second kappa shape index (κ2) is 5.52. The van der Waals surface area contributed by atoms with E-state index in [1.54, 1.807) is 38.4 Å². The van der Waals surface area contributed by atoms with Crippen LogP contribution in [0.5, 0.6) is 5.75 Å². The van der Waals surface area contributed by atoms with Crippen LogP contribution in [0, 0.1) is 0 Å². The van der Waals surface area contributed by atoms with E-state index >= 15 is 0 Å². The molecule has 0 atom stereocenters. The molecule has 0 bridgehead atoms. The van der Waals surface area contributed by atoms with Crippen molar-refractivity contribution in [3.63, 3.8) is 0 Å². The maximum Gasteiger partial charge on any atom is 0.258 e. The second-order valence-corrected chi connectivity index (χ2v) is 4.45. The number of methoxy groups -OCH3 is 1. The molecule has 0 fully saturated rings. The molecule has 0 aliphatic heterocycles. The molecule has 0 saturated carbocycles. The van der Waals surface area contributed by atoms with Crippen molar-refractivity contribution < 1.29 is 9.53 Å². The summed E-state index contributed by atoms with van der Waals surface area (Å²) in [6.07, 6.45) is 0. The third-order valence-corrected chi connectivity index (χ3v) is 2.97. The van der Waals surface area contributed by atoms with Gasteiger partial charge in [-0.25, -0.2) is 0 Å². The van der Waals surface area contributed by atoms with Gasteiger partial charge in [0.2, 0.25) is 0 Å². The smallest absolute Gasteiger partial charge is 0.258 e. The Morgan fingerprint density at radius 3 is 2.35 bits per heavy atom. The fraction of sp³-hybridized carbons (Fsp3) is 0.133. The van der Waals surface area contributed by atoms with Crippen LogP contribution in [0.1, 0.15) is 10.4 Å². The molecule has 0 spiro atoms. The van der Waals surface area contributed by atoms with E-state index in [4.69, 9.17) is 16.2 Å². The summed E-state index contributed by atoms with van der Waals surface area (Å²) in [6, 6.07) is 12.1. The molecular formula is C15H17N3O2. The van der Waals surface area contributed by atoms with Gasteiger partial charge in [0.1, 0.15) is 5.75 Å². The summed E-state index contributed by atoms with van der Waals surface area (Å²) in [5.41, 5.74) is 13.5. The van der Waals surface area contributed by atoms with Crippen molar-refractivity contribution in [2.45, 2.75) is 0 Å². The highest BCUT2D eigenvalue weighted by Crippen LogP contribution is 2.22. The van der Waals surface area contributed by atoms with Crippen LogP contribution >= 0.6 is 0 Å². The summed E-state index contributed by atoms with van der Waals surface area (Å²) >= 11 is 0. The van der Waals surface area contributed by atoms with Crippen molar-refractivity contribution in [3.8, 4) is 5.75 Å². The average molecular weight is 271 g/mol. The van der Waals surface area contributed by atoms with E-state index in [1.165, 1.54) is 4.90 Å². The molecule has 0 unspecified atom stereocenters. The van der Waals surface area contributed by atoms with Gasteiger partial charge >= 0.3 is 0 Å². The van der Waals surface area contributed by atoms with Crippen molar-refractivity contribution >= 4 is 23.0 Å². The summed E-state index contributed by atoms with van der Waals surface area (Å²) in [4.78, 5) is 13.9. The van der Waals surface area contributed by atoms with Crippen molar-refractivity contribution in [1.82, 2.24) is 0 Å². The minimum absolute atomic E-state index is 0.183. The Bertz CT molecular complexity index is 621. The molecule has 2 aromatic carbocycles. The van der Waals surface area contributed by atoms with E-state index in [2.05, 4.69) is 0 Å². The molecular weight excluding hydrogens is 254 g/mol. The highest BCUT2D eigenvalue weighted by atomic mass is 16.5. The van der Waals surface area contributed by atoms with E-state index in [0.717, 1.165) is 5.69 Å². The standard InChI is InChI=1S/C15H17N3O2/c1-18(13-4-3-5-14(9-13)20-2)15(19)10-6-11(16)8-12(17)7-10/h3-9H,16-17H2,1-2H3. The molecule has 0 radical (unpaired) electrons. The van der Waals surface area contributed by atoms with Crippen molar-refractivity contribution in [3.05, 3.63) is 48.0 Å². The van der Waals surface area contributed by atoms with Gasteiger partial charge < -0.3 is 21.1 Å². The molecule has 0 aromatic heterocycles. The molecule has 5 nitrogen and oxygen atoms in total. The van der Waals surface area contributed by atoms with E-state index in [0.29, 0.717) is 22.7 Å². The fourth-order valence-electron chi connectivity index (χ4n) is 1.93. The molecule has 0 heterocycles. The molecule has 104 valence electrons. The monoisotopic (exact) mass is 271 g/mol. The lowest BCUT2D eigenvalue weighted by molar-refractivity contribution is 0.0993. The quantitative estimate of drug-likeness (QED) is 0.838. The molecule has 2 rings (SSSR count). The van der Waals surface area contributed by atoms with Crippen molar-refractivity contribution in [2.24, 2.45) is 0 Å². The zero-order valence-electron chi connectivity index (χ0n) is 11.5. The van der Waals surface area contributed by atoms with Gasteiger partial charge in [-0.2, -0.15) is 0 Å². The first-order valence-electron chi connectivity index (χ1n) is 6.09. The van der Waals surface area contributed by atoms with E-state index in [9.17, 15) is 4.79 Å². The summed E-state index contributed by atoms with van der Waals surface area (Å²) in [6.45, 7) is 0. The van der Waals surface area contributed by atoms with Gasteiger partial charge in [-0.15, -0.1) is 0 Å². The number of amides is 1. The fourth-order valence-corrected chi connectivity index (χ4v) is 1.93. The van der Waals surface area contributed by atoms with Crippen LogP contribution in [0.3, 0.4) is 0 Å². The average Bonchev–Trinajstić information content (AvgIpc) is 2.44. The number of carbonyl (C=O) groups is 1. The first-order chi connectivity index (χ1) is 9.51. The van der Waals surface area contributed by atoms with Crippen LogP contribution in [0.4, 0.5) is 17.1 Å². The topological polar surface area (TPSA) is 81.6 Å². The molecule has 0 saturated heterocycles. The number of carbonyl (C=O) groups excluding carboxylic acids is 1. The Labute approximate surface area is 117 Å². The number of benzene rings is 2. The molecule has 1 amide bonds. The van der Waals surface area contributed by atoms with Gasteiger partial charge in [-0.1, -0.05) is 6.07 Å². The zero-order chi connectivity index (χ0) is 14.7. The second-order valence-electron chi connectivity index (χ2n) is 4.45. The summed E-state index contributed by atoms with van der Waals surface area (Å²) in [5.74, 6) is 0.506. The summed E-state index contributed by atoms with van der Waals surface area (Å²) in [7, 11) is 3.27. The third kappa shape index (κ3) is 2.83.